The number of carbonyl (C=O) groups excluding carboxylic acids is 1. The number of halogens is 1. The highest BCUT2D eigenvalue weighted by molar-refractivity contribution is 6.30. The molecule has 0 unspecified atom stereocenters. The summed E-state index contributed by atoms with van der Waals surface area (Å²) >= 11 is 6.07. The predicted molar refractivity (Wildman–Crippen MR) is 90.1 cm³/mol. The number of aromatic nitrogens is 1. The van der Waals surface area contributed by atoms with Crippen LogP contribution in [-0.4, -0.2) is 21.8 Å². The van der Waals surface area contributed by atoms with Crippen molar-refractivity contribution in [2.45, 2.75) is 37.8 Å². The number of carbonyl (C=O) groups is 1. The summed E-state index contributed by atoms with van der Waals surface area (Å²) in [5.41, 5.74) is 2.15. The van der Waals surface area contributed by atoms with Crippen LogP contribution in [0, 0.1) is 5.92 Å². The van der Waals surface area contributed by atoms with E-state index in [0.29, 0.717) is 18.5 Å². The first-order valence-corrected chi connectivity index (χ1v) is 8.56. The lowest BCUT2D eigenvalue weighted by Crippen LogP contribution is -2.34. The molecule has 0 aliphatic heterocycles. The van der Waals surface area contributed by atoms with Gasteiger partial charge in [-0.05, 0) is 55.0 Å². The van der Waals surface area contributed by atoms with Gasteiger partial charge in [0.2, 0.25) is 5.91 Å². The first kappa shape index (κ1) is 14.7. The Kier molecular flexibility index (Phi) is 3.82. The van der Waals surface area contributed by atoms with Crippen LogP contribution in [0.2, 0.25) is 5.02 Å². The second-order valence-electron chi connectivity index (χ2n) is 6.52. The third-order valence-electron chi connectivity index (χ3n) is 4.71. The summed E-state index contributed by atoms with van der Waals surface area (Å²) < 4.78 is 0. The van der Waals surface area contributed by atoms with E-state index >= 15 is 0 Å². The number of amides is 1. The Bertz CT molecular complexity index is 714. The molecule has 23 heavy (non-hydrogen) atoms. The zero-order valence-corrected chi connectivity index (χ0v) is 13.6. The Balaban J connectivity index is 1.47. The molecule has 0 radical (unpaired) electrons. The number of nitrogens with zero attached hydrogens (tertiary/aromatic N) is 2. The molecule has 4 heteroatoms. The van der Waals surface area contributed by atoms with Gasteiger partial charge in [0, 0.05) is 23.2 Å². The molecule has 0 bridgehead atoms. The molecule has 0 spiro atoms. The maximum Gasteiger partial charge on any atom is 0.226 e. The van der Waals surface area contributed by atoms with E-state index in [2.05, 4.69) is 11.1 Å². The molecule has 2 saturated carbocycles. The molecule has 1 amide bonds. The Morgan fingerprint density at radius 2 is 2.09 bits per heavy atom. The largest absolute Gasteiger partial charge is 0.334 e. The summed E-state index contributed by atoms with van der Waals surface area (Å²) in [6, 6.07) is 14.2. The molecule has 0 saturated heterocycles. The highest BCUT2D eigenvalue weighted by Crippen LogP contribution is 2.50. The van der Waals surface area contributed by atoms with Gasteiger partial charge in [-0.15, -0.1) is 0 Å². The number of rotatable bonds is 5. The molecular formula is C19H19ClN2O. The van der Waals surface area contributed by atoms with E-state index in [1.165, 1.54) is 5.56 Å². The fourth-order valence-electron chi connectivity index (χ4n) is 3.23. The van der Waals surface area contributed by atoms with Crippen LogP contribution in [0.25, 0.3) is 0 Å². The second-order valence-corrected chi connectivity index (χ2v) is 6.96. The summed E-state index contributed by atoms with van der Waals surface area (Å²) in [5, 5.41) is 0.744. The Morgan fingerprint density at radius 3 is 2.78 bits per heavy atom. The lowest BCUT2D eigenvalue weighted by molar-refractivity contribution is -0.134. The van der Waals surface area contributed by atoms with E-state index in [0.717, 1.165) is 30.0 Å². The van der Waals surface area contributed by atoms with Gasteiger partial charge in [0.25, 0.3) is 0 Å². The fraction of sp³-hybridized carbons (Fsp3) is 0.368. The van der Waals surface area contributed by atoms with Gasteiger partial charge < -0.3 is 4.90 Å². The van der Waals surface area contributed by atoms with E-state index < -0.39 is 0 Å². The van der Waals surface area contributed by atoms with Crippen molar-refractivity contribution in [3.05, 3.63) is 64.9 Å². The van der Waals surface area contributed by atoms with Crippen LogP contribution in [0.3, 0.4) is 0 Å². The highest BCUT2D eigenvalue weighted by Gasteiger charge is 2.48. The maximum absolute atomic E-state index is 12.9. The molecule has 2 aromatic rings. The molecule has 4 rings (SSSR count). The third kappa shape index (κ3) is 3.25. The van der Waals surface area contributed by atoms with Crippen LogP contribution in [0.15, 0.2) is 48.7 Å². The summed E-state index contributed by atoms with van der Waals surface area (Å²) in [4.78, 5) is 19.3. The van der Waals surface area contributed by atoms with Crippen LogP contribution < -0.4 is 0 Å². The average molecular weight is 327 g/mol. The minimum absolute atomic E-state index is 0.109. The van der Waals surface area contributed by atoms with E-state index in [-0.39, 0.29) is 11.8 Å². The van der Waals surface area contributed by atoms with Crippen molar-refractivity contribution in [3.8, 4) is 0 Å². The maximum atomic E-state index is 12.9. The predicted octanol–water partition coefficient (Wildman–Crippen LogP) is 4.03. The smallest absolute Gasteiger partial charge is 0.226 e. The first-order valence-electron chi connectivity index (χ1n) is 8.18. The van der Waals surface area contributed by atoms with E-state index in [9.17, 15) is 4.79 Å². The molecule has 1 aromatic heterocycles. The monoisotopic (exact) mass is 326 g/mol. The minimum atomic E-state index is 0.109. The van der Waals surface area contributed by atoms with E-state index in [1.807, 2.05) is 41.3 Å². The second kappa shape index (κ2) is 5.97. The summed E-state index contributed by atoms with van der Waals surface area (Å²) in [5.74, 6) is 0.715. The van der Waals surface area contributed by atoms with Gasteiger partial charge in [0.1, 0.15) is 0 Å². The van der Waals surface area contributed by atoms with Crippen molar-refractivity contribution in [1.29, 1.82) is 0 Å². The Morgan fingerprint density at radius 1 is 1.22 bits per heavy atom. The molecule has 2 atom stereocenters. The third-order valence-corrected chi connectivity index (χ3v) is 4.95. The zero-order chi connectivity index (χ0) is 15.8. The molecule has 118 valence electrons. The van der Waals surface area contributed by atoms with Crippen molar-refractivity contribution < 1.29 is 4.79 Å². The van der Waals surface area contributed by atoms with Crippen molar-refractivity contribution in [3.63, 3.8) is 0 Å². The van der Waals surface area contributed by atoms with Gasteiger partial charge >= 0.3 is 0 Å². The number of benzene rings is 1. The molecule has 3 nitrogen and oxygen atoms in total. The van der Waals surface area contributed by atoms with Crippen molar-refractivity contribution in [1.82, 2.24) is 9.88 Å². The molecule has 1 aromatic carbocycles. The topological polar surface area (TPSA) is 33.2 Å². The van der Waals surface area contributed by atoms with E-state index in [1.54, 1.807) is 6.20 Å². The minimum Gasteiger partial charge on any atom is -0.334 e. The quantitative estimate of drug-likeness (QED) is 0.831. The van der Waals surface area contributed by atoms with Crippen molar-refractivity contribution in [2.24, 2.45) is 5.92 Å². The summed E-state index contributed by atoms with van der Waals surface area (Å²) in [7, 11) is 0. The van der Waals surface area contributed by atoms with Crippen LogP contribution in [0.4, 0.5) is 0 Å². The van der Waals surface area contributed by atoms with Gasteiger partial charge in [-0.25, -0.2) is 0 Å². The van der Waals surface area contributed by atoms with Gasteiger partial charge in [0.15, 0.2) is 0 Å². The van der Waals surface area contributed by atoms with Gasteiger partial charge in [-0.2, -0.15) is 0 Å². The lowest BCUT2D eigenvalue weighted by atomic mass is 10.1. The molecule has 1 heterocycles. The highest BCUT2D eigenvalue weighted by atomic mass is 35.5. The molecule has 2 fully saturated rings. The van der Waals surface area contributed by atoms with E-state index in [4.69, 9.17) is 11.6 Å². The zero-order valence-electron chi connectivity index (χ0n) is 12.9. The van der Waals surface area contributed by atoms with Crippen LogP contribution in [-0.2, 0) is 11.3 Å². The van der Waals surface area contributed by atoms with Crippen molar-refractivity contribution in [2.75, 3.05) is 0 Å². The normalized spacial score (nSPS) is 22.7. The molecule has 2 aliphatic carbocycles. The SMILES string of the molecule is O=C([C@@H]1C[C@@H]1c1cccc(Cl)c1)N(Cc1ccccn1)C1CC1. The standard InChI is InChI=1S/C19H19ClN2O/c20-14-5-3-4-13(10-14)17-11-18(17)19(23)22(16-7-8-16)12-15-6-1-2-9-21-15/h1-6,9-10,16-18H,7-8,11-12H2/t17-,18-/m1/s1. The Labute approximate surface area is 141 Å². The van der Waals surface area contributed by atoms with Gasteiger partial charge in [0.05, 0.1) is 12.2 Å². The summed E-state index contributed by atoms with van der Waals surface area (Å²) in [6.45, 7) is 0.628. The lowest BCUT2D eigenvalue weighted by Gasteiger charge is -2.22. The molecular weight excluding hydrogens is 308 g/mol. The average Bonchev–Trinajstić information content (AvgIpc) is 3.47. The van der Waals surface area contributed by atoms with Gasteiger partial charge in [-0.1, -0.05) is 29.8 Å². The first-order chi connectivity index (χ1) is 11.2. The number of hydrogen-bond acceptors (Lipinski definition) is 2. The van der Waals surface area contributed by atoms with Crippen molar-refractivity contribution >= 4 is 17.5 Å². The summed E-state index contributed by atoms with van der Waals surface area (Å²) in [6.07, 6.45) is 4.96. The Hall–Kier alpha value is -1.87. The molecule has 2 aliphatic rings. The fourth-order valence-corrected chi connectivity index (χ4v) is 3.42. The van der Waals surface area contributed by atoms with Gasteiger partial charge in [-0.3, -0.25) is 9.78 Å². The molecule has 0 N–H and O–H groups in total. The van der Waals surface area contributed by atoms with Crippen LogP contribution in [0.5, 0.6) is 0 Å². The number of hydrogen-bond donors (Lipinski definition) is 0. The van der Waals surface area contributed by atoms with Crippen LogP contribution in [0.1, 0.15) is 36.4 Å². The van der Waals surface area contributed by atoms with Crippen LogP contribution >= 0.6 is 11.6 Å². The number of pyridine rings is 1.